The molecule has 2 aromatic rings. The second kappa shape index (κ2) is 5.49. The predicted octanol–water partition coefficient (Wildman–Crippen LogP) is 3.12. The summed E-state index contributed by atoms with van der Waals surface area (Å²) in [5, 5.41) is 9.78. The van der Waals surface area contributed by atoms with Crippen LogP contribution >= 0.6 is 38.5 Å². The van der Waals surface area contributed by atoms with E-state index in [2.05, 4.69) is 48.5 Å². The first-order valence-corrected chi connectivity index (χ1v) is 7.17. The first-order chi connectivity index (χ1) is 8.93. The molecule has 0 saturated heterocycles. The Morgan fingerprint density at radius 3 is 2.63 bits per heavy atom. The molecule has 19 heavy (non-hydrogen) atoms. The van der Waals surface area contributed by atoms with Crippen molar-refractivity contribution in [2.24, 2.45) is 0 Å². The average molecular weight is 436 g/mol. The molecule has 1 heterocycles. The number of aromatic hydroxyl groups is 1. The maximum absolute atomic E-state index is 9.78. The van der Waals surface area contributed by atoms with E-state index in [1.54, 1.807) is 12.1 Å². The van der Waals surface area contributed by atoms with Gasteiger partial charge in [0, 0.05) is 5.56 Å². The Morgan fingerprint density at radius 1 is 1.37 bits per heavy atom. The third kappa shape index (κ3) is 2.76. The highest BCUT2D eigenvalue weighted by molar-refractivity contribution is 14.1. The number of nitrogen functional groups attached to an aromatic ring is 1. The number of hydrogen-bond acceptors (Lipinski definition) is 5. The largest absolute Gasteiger partial charge is 0.503 e. The van der Waals surface area contributed by atoms with Crippen LogP contribution in [0.25, 0.3) is 11.4 Å². The molecular weight excluding hydrogens is 425 g/mol. The normalized spacial score (nSPS) is 10.5. The highest BCUT2D eigenvalue weighted by atomic mass is 127. The van der Waals surface area contributed by atoms with Gasteiger partial charge in [0.15, 0.2) is 17.3 Å². The Balaban J connectivity index is 2.62. The predicted molar refractivity (Wildman–Crippen MR) is 85.3 cm³/mol. The lowest BCUT2D eigenvalue weighted by molar-refractivity contribution is 0.372. The van der Waals surface area contributed by atoms with E-state index < -0.39 is 0 Å². The number of phenols is 1. The number of rotatable bonds is 2. The number of methoxy groups -OCH3 is 1. The van der Waals surface area contributed by atoms with Crippen LogP contribution < -0.4 is 10.5 Å². The van der Waals surface area contributed by atoms with Crippen molar-refractivity contribution in [3.8, 4) is 22.9 Å². The Bertz CT molecular complexity index is 626. The molecule has 1 aromatic carbocycles. The van der Waals surface area contributed by atoms with Crippen LogP contribution in [0.15, 0.2) is 16.6 Å². The lowest BCUT2D eigenvalue weighted by Crippen LogP contribution is -2.02. The van der Waals surface area contributed by atoms with E-state index in [0.29, 0.717) is 27.4 Å². The third-order valence-electron chi connectivity index (χ3n) is 2.55. The van der Waals surface area contributed by atoms with Gasteiger partial charge in [-0.2, -0.15) is 0 Å². The number of aryl methyl sites for hydroxylation is 1. The number of halogens is 2. The number of aromatic nitrogens is 2. The van der Waals surface area contributed by atoms with Gasteiger partial charge >= 0.3 is 0 Å². The van der Waals surface area contributed by atoms with Crippen molar-refractivity contribution in [2.75, 3.05) is 12.8 Å². The van der Waals surface area contributed by atoms with Gasteiger partial charge in [0.1, 0.15) is 5.82 Å². The third-order valence-corrected chi connectivity index (χ3v) is 4.49. The molecule has 0 aliphatic rings. The molecule has 0 spiro atoms. The number of ether oxygens (including phenoxy) is 1. The molecule has 0 bridgehead atoms. The molecular formula is C12H11BrIN3O2. The fraction of sp³-hybridized carbons (Fsp3) is 0.167. The summed E-state index contributed by atoms with van der Waals surface area (Å²) in [6.45, 7) is 1.87. The van der Waals surface area contributed by atoms with Crippen LogP contribution in [0.4, 0.5) is 5.82 Å². The highest BCUT2D eigenvalue weighted by Crippen LogP contribution is 2.38. The molecule has 1 aromatic heterocycles. The van der Waals surface area contributed by atoms with Crippen molar-refractivity contribution in [1.82, 2.24) is 9.97 Å². The number of phenolic OH excluding ortho intramolecular Hbond substituents is 1. The SMILES string of the molecule is COc1cc(-c2nc(C)c(I)c(N)n2)cc(Br)c1O. The van der Waals surface area contributed by atoms with E-state index in [1.165, 1.54) is 7.11 Å². The first kappa shape index (κ1) is 14.3. The smallest absolute Gasteiger partial charge is 0.172 e. The van der Waals surface area contributed by atoms with Gasteiger partial charge in [-0.05, 0) is 57.6 Å². The minimum absolute atomic E-state index is 0.0430. The van der Waals surface area contributed by atoms with Gasteiger partial charge in [-0.25, -0.2) is 9.97 Å². The van der Waals surface area contributed by atoms with Crippen molar-refractivity contribution >= 4 is 44.3 Å². The van der Waals surface area contributed by atoms with E-state index in [4.69, 9.17) is 10.5 Å². The maximum atomic E-state index is 9.78. The van der Waals surface area contributed by atoms with Gasteiger partial charge in [0.25, 0.3) is 0 Å². The number of benzene rings is 1. The molecule has 0 aliphatic carbocycles. The van der Waals surface area contributed by atoms with E-state index >= 15 is 0 Å². The molecule has 0 atom stereocenters. The van der Waals surface area contributed by atoms with Crippen LogP contribution in [0.3, 0.4) is 0 Å². The quantitative estimate of drug-likeness (QED) is 0.708. The molecule has 0 aliphatic heterocycles. The zero-order chi connectivity index (χ0) is 14.2. The molecule has 3 N–H and O–H groups in total. The monoisotopic (exact) mass is 435 g/mol. The second-order valence-electron chi connectivity index (χ2n) is 3.84. The summed E-state index contributed by atoms with van der Waals surface area (Å²) in [6, 6.07) is 3.39. The first-order valence-electron chi connectivity index (χ1n) is 5.30. The lowest BCUT2D eigenvalue weighted by atomic mass is 10.2. The molecule has 5 nitrogen and oxygen atoms in total. The molecule has 7 heteroatoms. The lowest BCUT2D eigenvalue weighted by Gasteiger charge is -2.10. The topological polar surface area (TPSA) is 81.3 Å². The standard InChI is InChI=1S/C12H11BrIN3O2/c1-5-9(14)11(15)17-12(16-5)6-3-7(13)10(18)8(4-6)19-2/h3-4,18H,1-2H3,(H2,15,16,17). The molecule has 0 amide bonds. The molecule has 0 radical (unpaired) electrons. The fourth-order valence-corrected chi connectivity index (χ4v) is 2.25. The van der Waals surface area contributed by atoms with Gasteiger partial charge in [-0.1, -0.05) is 0 Å². The Kier molecular flexibility index (Phi) is 4.14. The number of nitrogens with two attached hydrogens (primary N) is 1. The highest BCUT2D eigenvalue weighted by Gasteiger charge is 2.13. The second-order valence-corrected chi connectivity index (χ2v) is 5.77. The van der Waals surface area contributed by atoms with Crippen LogP contribution in [-0.2, 0) is 0 Å². The summed E-state index contributed by atoms with van der Waals surface area (Å²) in [4.78, 5) is 8.64. The Hall–Kier alpha value is -1.09. The Labute approximate surface area is 132 Å². The maximum Gasteiger partial charge on any atom is 0.172 e. The van der Waals surface area contributed by atoms with Gasteiger partial charge in [-0.3, -0.25) is 0 Å². The summed E-state index contributed by atoms with van der Waals surface area (Å²) in [5.41, 5.74) is 7.37. The molecule has 0 fully saturated rings. The Morgan fingerprint density at radius 2 is 2.05 bits per heavy atom. The van der Waals surface area contributed by atoms with Crippen molar-refractivity contribution in [2.45, 2.75) is 6.92 Å². The van der Waals surface area contributed by atoms with Gasteiger partial charge < -0.3 is 15.6 Å². The van der Waals surface area contributed by atoms with Crippen LogP contribution in [0.1, 0.15) is 5.69 Å². The number of hydrogen-bond donors (Lipinski definition) is 2. The van der Waals surface area contributed by atoms with E-state index in [1.807, 2.05) is 6.92 Å². The van der Waals surface area contributed by atoms with Gasteiger partial charge in [-0.15, -0.1) is 0 Å². The fourth-order valence-electron chi connectivity index (χ4n) is 1.57. The minimum Gasteiger partial charge on any atom is -0.503 e. The van der Waals surface area contributed by atoms with E-state index in [0.717, 1.165) is 9.26 Å². The summed E-state index contributed by atoms with van der Waals surface area (Å²) in [5.74, 6) is 1.32. The molecule has 0 unspecified atom stereocenters. The van der Waals surface area contributed by atoms with Crippen molar-refractivity contribution < 1.29 is 9.84 Å². The molecule has 100 valence electrons. The summed E-state index contributed by atoms with van der Waals surface area (Å²) in [7, 11) is 1.49. The number of nitrogens with zero attached hydrogens (tertiary/aromatic N) is 2. The van der Waals surface area contributed by atoms with Gasteiger partial charge in [0.05, 0.1) is 20.8 Å². The van der Waals surface area contributed by atoms with Crippen molar-refractivity contribution in [3.05, 3.63) is 25.9 Å². The van der Waals surface area contributed by atoms with Crippen LogP contribution in [0.2, 0.25) is 0 Å². The van der Waals surface area contributed by atoms with E-state index in [-0.39, 0.29) is 5.75 Å². The summed E-state index contributed by atoms with van der Waals surface area (Å²) in [6.07, 6.45) is 0. The van der Waals surface area contributed by atoms with Gasteiger partial charge in [0.2, 0.25) is 0 Å². The molecule has 2 rings (SSSR count). The minimum atomic E-state index is 0.0430. The zero-order valence-electron chi connectivity index (χ0n) is 10.2. The van der Waals surface area contributed by atoms with Crippen LogP contribution in [-0.4, -0.2) is 22.2 Å². The van der Waals surface area contributed by atoms with Crippen LogP contribution in [0, 0.1) is 10.5 Å². The molecule has 0 saturated carbocycles. The summed E-state index contributed by atoms with van der Waals surface area (Å²) >= 11 is 5.38. The van der Waals surface area contributed by atoms with Crippen molar-refractivity contribution in [1.29, 1.82) is 0 Å². The van der Waals surface area contributed by atoms with Crippen molar-refractivity contribution in [3.63, 3.8) is 0 Å². The van der Waals surface area contributed by atoms with Crippen LogP contribution in [0.5, 0.6) is 11.5 Å². The number of anilines is 1. The summed E-state index contributed by atoms with van der Waals surface area (Å²) < 4.78 is 6.46. The zero-order valence-corrected chi connectivity index (χ0v) is 14.0. The van der Waals surface area contributed by atoms with E-state index in [9.17, 15) is 5.11 Å². The average Bonchev–Trinajstić information content (AvgIpc) is 2.38.